The number of benzene rings is 2. The molecule has 9 heteroatoms. The van der Waals surface area contributed by atoms with Gasteiger partial charge in [-0.1, -0.05) is 17.7 Å². The van der Waals surface area contributed by atoms with Gasteiger partial charge in [-0.15, -0.1) is 0 Å². The molecule has 0 aromatic heterocycles. The van der Waals surface area contributed by atoms with E-state index in [9.17, 15) is 22.0 Å². The molecular weight excluding hydrogens is 365 g/mol. The second-order valence-electron chi connectivity index (χ2n) is 4.92. The van der Waals surface area contributed by atoms with Gasteiger partial charge in [0.15, 0.2) is 0 Å². The Balaban J connectivity index is 0.00000225. The Labute approximate surface area is 144 Å². The van der Waals surface area contributed by atoms with Gasteiger partial charge in [-0.05, 0) is 24.3 Å². The van der Waals surface area contributed by atoms with Gasteiger partial charge in [-0.3, -0.25) is 9.98 Å². The molecule has 25 heavy (non-hydrogen) atoms. The molecule has 0 saturated carbocycles. The first kappa shape index (κ1) is 19.0. The van der Waals surface area contributed by atoms with E-state index in [-0.39, 0.29) is 29.7 Å². The van der Waals surface area contributed by atoms with Crippen LogP contribution in [-0.2, 0) is 6.18 Å². The van der Waals surface area contributed by atoms with Gasteiger partial charge in [0.1, 0.15) is 11.6 Å². The van der Waals surface area contributed by atoms with Gasteiger partial charge < -0.3 is 6.15 Å². The van der Waals surface area contributed by atoms with Crippen LogP contribution < -0.4 is 6.15 Å². The van der Waals surface area contributed by atoms with Gasteiger partial charge in [-0.2, -0.15) is 13.2 Å². The Bertz CT molecular complexity index is 855. The third-order valence-electron chi connectivity index (χ3n) is 3.42. The third kappa shape index (κ3) is 3.40. The molecule has 1 aliphatic heterocycles. The van der Waals surface area contributed by atoms with Crippen molar-refractivity contribution >= 4 is 29.2 Å². The van der Waals surface area contributed by atoms with Crippen molar-refractivity contribution in [2.45, 2.75) is 6.18 Å². The van der Waals surface area contributed by atoms with Gasteiger partial charge in [0.2, 0.25) is 0 Å². The fourth-order valence-corrected chi connectivity index (χ4v) is 2.75. The van der Waals surface area contributed by atoms with Crippen molar-refractivity contribution in [3.63, 3.8) is 0 Å². The summed E-state index contributed by atoms with van der Waals surface area (Å²) in [5.41, 5.74) is -2.14. The van der Waals surface area contributed by atoms with Crippen molar-refractivity contribution in [2.24, 2.45) is 9.98 Å². The number of aliphatic imine (C=N–C) groups is 2. The molecule has 3 nitrogen and oxygen atoms in total. The number of hydrogen-bond acceptors (Lipinski definition) is 3. The fourth-order valence-electron chi connectivity index (χ4n) is 2.40. The molecule has 2 aromatic carbocycles. The van der Waals surface area contributed by atoms with E-state index in [0.29, 0.717) is 0 Å². The third-order valence-corrected chi connectivity index (χ3v) is 3.82. The van der Waals surface area contributed by atoms with Crippen molar-refractivity contribution in [2.75, 3.05) is 6.54 Å². The number of fused-ring (bicyclic) bond motifs is 1. The van der Waals surface area contributed by atoms with Crippen molar-refractivity contribution in [3.05, 3.63) is 63.7 Å². The highest BCUT2D eigenvalue weighted by Gasteiger charge is 2.36. The minimum atomic E-state index is -4.72. The van der Waals surface area contributed by atoms with E-state index in [2.05, 4.69) is 9.98 Å². The van der Waals surface area contributed by atoms with Crippen LogP contribution in [0, 0.1) is 11.6 Å². The lowest BCUT2D eigenvalue weighted by atomic mass is 9.97. The summed E-state index contributed by atoms with van der Waals surface area (Å²) in [7, 11) is 0. The van der Waals surface area contributed by atoms with Crippen LogP contribution in [0.1, 0.15) is 16.7 Å². The summed E-state index contributed by atoms with van der Waals surface area (Å²) < 4.78 is 67.5. The molecule has 0 saturated heterocycles. The molecule has 0 bridgehead atoms. The van der Waals surface area contributed by atoms with Crippen LogP contribution in [0.25, 0.3) is 0 Å². The molecule has 0 spiro atoms. The minimum Gasteiger partial charge on any atom is -0.344 e. The Morgan fingerprint density at radius 3 is 2.20 bits per heavy atom. The Morgan fingerprint density at radius 2 is 1.60 bits per heavy atom. The molecule has 132 valence electrons. The molecule has 0 radical (unpaired) electrons. The van der Waals surface area contributed by atoms with Crippen LogP contribution in [0.3, 0.4) is 0 Å². The monoisotopic (exact) mass is 375 g/mol. The smallest absolute Gasteiger partial charge is 0.344 e. The summed E-state index contributed by atoms with van der Waals surface area (Å²) in [5.74, 6) is -1.90. The zero-order valence-electron chi connectivity index (χ0n) is 12.5. The summed E-state index contributed by atoms with van der Waals surface area (Å²) in [6.45, 7) is -0.0462. The largest absolute Gasteiger partial charge is 0.417 e. The summed E-state index contributed by atoms with van der Waals surface area (Å²) in [4.78, 5) is 7.95. The molecule has 1 heterocycles. The predicted molar refractivity (Wildman–Crippen MR) is 86.5 cm³/mol. The summed E-state index contributed by atoms with van der Waals surface area (Å²) in [5, 5.41) is -0.694. The zero-order valence-corrected chi connectivity index (χ0v) is 13.3. The highest BCUT2D eigenvalue weighted by molar-refractivity contribution is 6.37. The first-order valence-corrected chi connectivity index (χ1v) is 7.10. The Morgan fingerprint density at radius 1 is 0.960 bits per heavy atom. The van der Waals surface area contributed by atoms with Gasteiger partial charge in [0.05, 0.1) is 34.1 Å². The molecule has 0 aliphatic carbocycles. The second kappa shape index (κ2) is 6.89. The lowest BCUT2D eigenvalue weighted by Crippen LogP contribution is -2.13. The average molecular weight is 376 g/mol. The Kier molecular flexibility index (Phi) is 5.24. The van der Waals surface area contributed by atoms with Gasteiger partial charge >= 0.3 is 6.18 Å². The lowest BCUT2D eigenvalue weighted by molar-refractivity contribution is -0.137. The van der Waals surface area contributed by atoms with Gasteiger partial charge in [0, 0.05) is 11.8 Å². The topological polar surface area (TPSA) is 59.7 Å². The minimum absolute atomic E-state index is 0. The van der Waals surface area contributed by atoms with E-state index in [0.717, 1.165) is 30.3 Å². The number of alkyl halides is 3. The zero-order chi connectivity index (χ0) is 17.5. The molecule has 0 unspecified atom stereocenters. The first-order valence-electron chi connectivity index (χ1n) is 6.72. The number of nitrogens with zero attached hydrogens (tertiary/aromatic N) is 2. The predicted octanol–water partition coefficient (Wildman–Crippen LogP) is 5.35. The average Bonchev–Trinajstić information content (AvgIpc) is 2.69. The van der Waals surface area contributed by atoms with Crippen molar-refractivity contribution in [1.82, 2.24) is 6.15 Å². The van der Waals surface area contributed by atoms with E-state index < -0.39 is 34.0 Å². The first-order chi connectivity index (χ1) is 11.3. The molecule has 3 N–H and O–H groups in total. The van der Waals surface area contributed by atoms with Crippen LogP contribution in [0.2, 0.25) is 5.02 Å². The van der Waals surface area contributed by atoms with Gasteiger partial charge in [0.25, 0.3) is 0 Å². The number of halogens is 6. The SMILES string of the molecule is Fc1cccc(F)c1C1=NCC=Nc2ccc(C(F)(F)F)c(Cl)c21.N. The highest BCUT2D eigenvalue weighted by atomic mass is 35.5. The summed E-state index contributed by atoms with van der Waals surface area (Å²) in [6, 6.07) is 5.01. The molecule has 0 fully saturated rings. The normalized spacial score (nSPS) is 13.6. The molecular formula is C16H11ClF5N3. The molecule has 3 rings (SSSR count). The molecule has 0 atom stereocenters. The van der Waals surface area contributed by atoms with Crippen LogP contribution in [0.5, 0.6) is 0 Å². The van der Waals surface area contributed by atoms with Crippen LogP contribution in [0.15, 0.2) is 40.3 Å². The fraction of sp³-hybridized carbons (Fsp3) is 0.125. The van der Waals surface area contributed by atoms with E-state index in [1.807, 2.05) is 0 Å². The maximum atomic E-state index is 14.1. The second-order valence-corrected chi connectivity index (χ2v) is 5.29. The van der Waals surface area contributed by atoms with E-state index in [1.165, 1.54) is 6.21 Å². The van der Waals surface area contributed by atoms with Crippen LogP contribution in [0.4, 0.5) is 27.6 Å². The highest BCUT2D eigenvalue weighted by Crippen LogP contribution is 2.41. The van der Waals surface area contributed by atoms with Gasteiger partial charge in [-0.25, -0.2) is 8.78 Å². The van der Waals surface area contributed by atoms with E-state index >= 15 is 0 Å². The maximum absolute atomic E-state index is 14.1. The maximum Gasteiger partial charge on any atom is 0.417 e. The molecule has 0 amide bonds. The Hall–Kier alpha value is -2.32. The number of rotatable bonds is 1. The van der Waals surface area contributed by atoms with Crippen molar-refractivity contribution in [1.29, 1.82) is 0 Å². The summed E-state index contributed by atoms with van der Waals surface area (Å²) in [6.07, 6.45) is -3.39. The van der Waals surface area contributed by atoms with E-state index in [4.69, 9.17) is 11.6 Å². The standard InChI is InChI=1S/C16H8ClF5N2.H3N/c17-14-8(16(20,21)22)4-5-11-13(14)15(24-7-6-23-11)12-9(18)2-1-3-10(12)19;/h1-6H,7H2;1H3. The molecule has 1 aliphatic rings. The van der Waals surface area contributed by atoms with Crippen molar-refractivity contribution in [3.8, 4) is 0 Å². The lowest BCUT2D eigenvalue weighted by Gasteiger charge is -2.16. The summed E-state index contributed by atoms with van der Waals surface area (Å²) >= 11 is 5.91. The van der Waals surface area contributed by atoms with Crippen LogP contribution in [-0.4, -0.2) is 18.5 Å². The number of hydrogen-bond donors (Lipinski definition) is 1. The quantitative estimate of drug-likeness (QED) is 0.671. The van der Waals surface area contributed by atoms with E-state index in [1.54, 1.807) is 0 Å². The van der Waals surface area contributed by atoms with Crippen LogP contribution >= 0.6 is 11.6 Å². The molecule has 2 aromatic rings. The van der Waals surface area contributed by atoms with Crippen molar-refractivity contribution < 1.29 is 22.0 Å².